The largest absolute Gasteiger partial charge is 0.356 e. The van der Waals surface area contributed by atoms with Crippen LogP contribution in [0.2, 0.25) is 0 Å². The highest BCUT2D eigenvalue weighted by Gasteiger charge is 2.28. The number of piperidine rings is 2. The molecule has 108 valence electrons. The molecule has 0 spiro atoms. The maximum Gasteiger partial charge on any atom is 0.239 e. The standard InChI is InChI=1S/C14H25N3O2/c1-11(18)16-10-12-5-8-17(9-6-12)14(19)13-4-2-3-7-15-13/h12-13,15H,2-10H2,1H3,(H,16,18)/t13-/m1/s1. The number of hydrogen-bond acceptors (Lipinski definition) is 3. The number of amides is 2. The molecule has 0 aromatic rings. The van der Waals surface area contributed by atoms with Crippen LogP contribution in [0.3, 0.4) is 0 Å². The molecule has 2 amide bonds. The third-order valence-electron chi connectivity index (χ3n) is 4.17. The lowest BCUT2D eigenvalue weighted by Gasteiger charge is -2.35. The second-order valence-electron chi connectivity index (χ2n) is 5.71. The van der Waals surface area contributed by atoms with E-state index in [0.29, 0.717) is 5.92 Å². The molecule has 2 saturated heterocycles. The van der Waals surface area contributed by atoms with Crippen molar-refractivity contribution in [1.29, 1.82) is 0 Å². The van der Waals surface area contributed by atoms with Gasteiger partial charge < -0.3 is 15.5 Å². The van der Waals surface area contributed by atoms with Crippen molar-refractivity contribution < 1.29 is 9.59 Å². The molecule has 1 atom stereocenters. The van der Waals surface area contributed by atoms with Gasteiger partial charge in [-0.05, 0) is 38.1 Å². The predicted octanol–water partition coefficient (Wildman–Crippen LogP) is 0.503. The molecule has 0 radical (unpaired) electrons. The Hall–Kier alpha value is -1.10. The van der Waals surface area contributed by atoms with Crippen LogP contribution in [-0.4, -0.2) is 48.9 Å². The first kappa shape index (κ1) is 14.3. The van der Waals surface area contributed by atoms with Crippen LogP contribution in [0, 0.1) is 5.92 Å². The van der Waals surface area contributed by atoms with Crippen LogP contribution in [0.15, 0.2) is 0 Å². The molecule has 19 heavy (non-hydrogen) atoms. The minimum atomic E-state index is 0.0323. The molecule has 0 saturated carbocycles. The minimum absolute atomic E-state index is 0.0323. The van der Waals surface area contributed by atoms with Gasteiger partial charge in [0, 0.05) is 26.6 Å². The molecule has 0 bridgehead atoms. The van der Waals surface area contributed by atoms with E-state index in [0.717, 1.165) is 51.9 Å². The second-order valence-corrected chi connectivity index (χ2v) is 5.71. The summed E-state index contributed by atoms with van der Waals surface area (Å²) in [7, 11) is 0. The smallest absolute Gasteiger partial charge is 0.239 e. The molecule has 2 aliphatic heterocycles. The van der Waals surface area contributed by atoms with Gasteiger partial charge in [-0.15, -0.1) is 0 Å². The number of rotatable bonds is 3. The Bertz CT molecular complexity index is 319. The first-order valence-corrected chi connectivity index (χ1v) is 7.43. The van der Waals surface area contributed by atoms with Gasteiger partial charge in [-0.1, -0.05) is 6.42 Å². The number of nitrogens with zero attached hydrogens (tertiary/aromatic N) is 1. The molecule has 5 nitrogen and oxygen atoms in total. The maximum absolute atomic E-state index is 12.3. The Labute approximate surface area is 115 Å². The first-order valence-electron chi connectivity index (χ1n) is 7.43. The molecule has 2 N–H and O–H groups in total. The van der Waals surface area contributed by atoms with E-state index in [1.807, 2.05) is 4.90 Å². The SMILES string of the molecule is CC(=O)NCC1CCN(C(=O)[C@H]2CCCCN2)CC1. The lowest BCUT2D eigenvalue weighted by molar-refractivity contribution is -0.135. The summed E-state index contributed by atoms with van der Waals surface area (Å²) in [6, 6.07) is 0.0423. The quantitative estimate of drug-likeness (QED) is 0.783. The predicted molar refractivity (Wildman–Crippen MR) is 73.6 cm³/mol. The number of hydrogen-bond donors (Lipinski definition) is 2. The van der Waals surface area contributed by atoms with E-state index in [-0.39, 0.29) is 17.9 Å². The second kappa shape index (κ2) is 6.89. The van der Waals surface area contributed by atoms with Gasteiger partial charge in [0.25, 0.3) is 0 Å². The molecular formula is C14H25N3O2. The number of likely N-dealkylation sites (tertiary alicyclic amines) is 1. The zero-order valence-corrected chi connectivity index (χ0v) is 11.8. The van der Waals surface area contributed by atoms with E-state index in [9.17, 15) is 9.59 Å². The van der Waals surface area contributed by atoms with Crippen molar-refractivity contribution in [3.63, 3.8) is 0 Å². The van der Waals surface area contributed by atoms with Crippen LogP contribution in [-0.2, 0) is 9.59 Å². The Morgan fingerprint density at radius 2 is 1.95 bits per heavy atom. The van der Waals surface area contributed by atoms with Crippen LogP contribution in [0.5, 0.6) is 0 Å². The summed E-state index contributed by atoms with van der Waals surface area (Å²) in [4.78, 5) is 25.2. The fourth-order valence-electron chi connectivity index (χ4n) is 2.93. The Kier molecular flexibility index (Phi) is 5.19. The molecule has 2 rings (SSSR count). The number of carbonyl (C=O) groups excluding carboxylic acids is 2. The lowest BCUT2D eigenvalue weighted by atomic mass is 9.95. The summed E-state index contributed by atoms with van der Waals surface area (Å²) >= 11 is 0. The number of carbonyl (C=O) groups is 2. The Balaban J connectivity index is 1.72. The van der Waals surface area contributed by atoms with Gasteiger partial charge in [0.15, 0.2) is 0 Å². The summed E-state index contributed by atoms with van der Waals surface area (Å²) in [5.74, 6) is 0.829. The molecule has 2 fully saturated rings. The summed E-state index contributed by atoms with van der Waals surface area (Å²) in [6.07, 6.45) is 5.31. The van der Waals surface area contributed by atoms with Crippen molar-refractivity contribution in [1.82, 2.24) is 15.5 Å². The van der Waals surface area contributed by atoms with Crippen LogP contribution < -0.4 is 10.6 Å². The van der Waals surface area contributed by atoms with Crippen LogP contribution in [0.4, 0.5) is 0 Å². The van der Waals surface area contributed by atoms with Crippen LogP contribution >= 0.6 is 0 Å². The summed E-state index contributed by atoms with van der Waals surface area (Å²) < 4.78 is 0. The van der Waals surface area contributed by atoms with Gasteiger partial charge in [0.1, 0.15) is 0 Å². The fourth-order valence-corrected chi connectivity index (χ4v) is 2.93. The van der Waals surface area contributed by atoms with Gasteiger partial charge in [0.2, 0.25) is 11.8 Å². The van der Waals surface area contributed by atoms with Gasteiger partial charge in [0.05, 0.1) is 6.04 Å². The third-order valence-corrected chi connectivity index (χ3v) is 4.17. The van der Waals surface area contributed by atoms with Crippen molar-refractivity contribution in [3.8, 4) is 0 Å². The normalized spacial score (nSPS) is 25.1. The number of nitrogens with one attached hydrogen (secondary N) is 2. The van der Waals surface area contributed by atoms with Crippen molar-refractivity contribution >= 4 is 11.8 Å². The molecule has 0 unspecified atom stereocenters. The minimum Gasteiger partial charge on any atom is -0.356 e. The Morgan fingerprint density at radius 3 is 2.53 bits per heavy atom. The molecular weight excluding hydrogens is 242 g/mol. The van der Waals surface area contributed by atoms with Crippen molar-refractivity contribution in [2.75, 3.05) is 26.2 Å². The van der Waals surface area contributed by atoms with E-state index in [1.165, 1.54) is 6.42 Å². The molecule has 0 aromatic heterocycles. The maximum atomic E-state index is 12.3. The van der Waals surface area contributed by atoms with Crippen molar-refractivity contribution in [2.24, 2.45) is 5.92 Å². The fraction of sp³-hybridized carbons (Fsp3) is 0.857. The molecule has 2 heterocycles. The zero-order chi connectivity index (χ0) is 13.7. The van der Waals surface area contributed by atoms with Gasteiger partial charge in [-0.2, -0.15) is 0 Å². The van der Waals surface area contributed by atoms with Crippen LogP contribution in [0.1, 0.15) is 39.0 Å². The monoisotopic (exact) mass is 267 g/mol. The first-order chi connectivity index (χ1) is 9.16. The summed E-state index contributed by atoms with van der Waals surface area (Å²) in [5.41, 5.74) is 0. The van der Waals surface area contributed by atoms with E-state index >= 15 is 0 Å². The molecule has 2 aliphatic rings. The highest BCUT2D eigenvalue weighted by atomic mass is 16.2. The van der Waals surface area contributed by atoms with Crippen LogP contribution in [0.25, 0.3) is 0 Å². The Morgan fingerprint density at radius 1 is 1.21 bits per heavy atom. The highest BCUT2D eigenvalue weighted by Crippen LogP contribution is 2.19. The third kappa shape index (κ3) is 4.20. The van der Waals surface area contributed by atoms with E-state index in [1.54, 1.807) is 6.92 Å². The molecule has 0 aromatic carbocycles. The highest BCUT2D eigenvalue weighted by molar-refractivity contribution is 5.82. The topological polar surface area (TPSA) is 61.4 Å². The molecule has 0 aliphatic carbocycles. The van der Waals surface area contributed by atoms with Gasteiger partial charge in [-0.3, -0.25) is 9.59 Å². The lowest BCUT2D eigenvalue weighted by Crippen LogP contribution is -2.51. The zero-order valence-electron chi connectivity index (χ0n) is 11.8. The summed E-state index contributed by atoms with van der Waals surface area (Å²) in [5, 5.41) is 6.19. The van der Waals surface area contributed by atoms with E-state index in [4.69, 9.17) is 0 Å². The molecule has 5 heteroatoms. The summed E-state index contributed by atoms with van der Waals surface area (Å²) in [6.45, 7) is 4.93. The van der Waals surface area contributed by atoms with Gasteiger partial charge >= 0.3 is 0 Å². The average molecular weight is 267 g/mol. The van der Waals surface area contributed by atoms with E-state index in [2.05, 4.69) is 10.6 Å². The van der Waals surface area contributed by atoms with E-state index < -0.39 is 0 Å². The average Bonchev–Trinajstić information content (AvgIpc) is 2.46. The van der Waals surface area contributed by atoms with Gasteiger partial charge in [-0.25, -0.2) is 0 Å². The van der Waals surface area contributed by atoms with Crippen molar-refractivity contribution in [2.45, 2.75) is 45.1 Å². The van der Waals surface area contributed by atoms with Crippen molar-refractivity contribution in [3.05, 3.63) is 0 Å².